The number of hydrogen-bond acceptors (Lipinski definition) is 5. The number of nitrogens with zero attached hydrogens (tertiary/aromatic N) is 1. The molecule has 1 rings (SSSR count). The van der Waals surface area contributed by atoms with E-state index < -0.39 is 5.97 Å². The van der Waals surface area contributed by atoms with Crippen molar-refractivity contribution in [3.8, 4) is 5.88 Å². The third kappa shape index (κ3) is 1.93. The summed E-state index contributed by atoms with van der Waals surface area (Å²) >= 11 is 0. The lowest BCUT2D eigenvalue weighted by Crippen LogP contribution is -2.06. The number of hydrogen-bond donors (Lipinski definition) is 1. The van der Waals surface area contributed by atoms with Gasteiger partial charge in [0.05, 0.1) is 31.7 Å². The van der Waals surface area contributed by atoms with Crippen molar-refractivity contribution in [3.05, 3.63) is 17.8 Å². The van der Waals surface area contributed by atoms with E-state index in [4.69, 9.17) is 4.74 Å². The first kappa shape index (κ1) is 10.3. The smallest absolute Gasteiger partial charge is 0.340 e. The van der Waals surface area contributed by atoms with Crippen LogP contribution in [0.25, 0.3) is 0 Å². The van der Waals surface area contributed by atoms with E-state index in [1.165, 1.54) is 26.5 Å². The monoisotopic (exact) mass is 196 g/mol. The van der Waals surface area contributed by atoms with Crippen LogP contribution < -0.4 is 10.1 Å². The van der Waals surface area contributed by atoms with Gasteiger partial charge in [0.1, 0.15) is 0 Å². The summed E-state index contributed by atoms with van der Waals surface area (Å²) in [5.41, 5.74) is 1.01. The van der Waals surface area contributed by atoms with Gasteiger partial charge in [0.2, 0.25) is 5.88 Å². The summed E-state index contributed by atoms with van der Waals surface area (Å²) in [5.74, 6) is -0.0422. The Labute approximate surface area is 82.0 Å². The fourth-order valence-corrected chi connectivity index (χ4v) is 1.03. The predicted molar refractivity (Wildman–Crippen MR) is 51.7 cm³/mol. The fourth-order valence-electron chi connectivity index (χ4n) is 1.03. The Balaban J connectivity index is 3.14. The van der Waals surface area contributed by atoms with Crippen molar-refractivity contribution < 1.29 is 14.3 Å². The van der Waals surface area contributed by atoms with Crippen LogP contribution in [-0.4, -0.2) is 32.2 Å². The molecule has 1 aromatic heterocycles. The SMILES string of the molecule is CNc1cnc(OC)cc1C(=O)OC. The Kier molecular flexibility index (Phi) is 3.28. The van der Waals surface area contributed by atoms with Crippen LogP contribution in [0.5, 0.6) is 5.88 Å². The van der Waals surface area contributed by atoms with Crippen LogP contribution in [0.2, 0.25) is 0 Å². The van der Waals surface area contributed by atoms with E-state index in [1.54, 1.807) is 7.05 Å². The van der Waals surface area contributed by atoms with Crippen molar-refractivity contribution in [2.45, 2.75) is 0 Å². The summed E-state index contributed by atoms with van der Waals surface area (Å²) in [6.45, 7) is 0. The average molecular weight is 196 g/mol. The highest BCUT2D eigenvalue weighted by Gasteiger charge is 2.12. The molecule has 0 fully saturated rings. The minimum Gasteiger partial charge on any atom is -0.481 e. The van der Waals surface area contributed by atoms with E-state index in [-0.39, 0.29) is 0 Å². The Morgan fingerprint density at radius 2 is 2.21 bits per heavy atom. The highest BCUT2D eigenvalue weighted by atomic mass is 16.5. The van der Waals surface area contributed by atoms with Crippen molar-refractivity contribution in [2.24, 2.45) is 0 Å². The molecule has 0 radical (unpaired) electrons. The lowest BCUT2D eigenvalue weighted by Gasteiger charge is -2.07. The zero-order chi connectivity index (χ0) is 10.6. The van der Waals surface area contributed by atoms with Crippen LogP contribution >= 0.6 is 0 Å². The number of rotatable bonds is 3. The Morgan fingerprint density at radius 3 is 2.71 bits per heavy atom. The van der Waals surface area contributed by atoms with Crippen LogP contribution in [0.4, 0.5) is 5.69 Å². The number of carbonyl (C=O) groups excluding carboxylic acids is 1. The van der Waals surface area contributed by atoms with Gasteiger partial charge in [-0.05, 0) is 0 Å². The molecule has 0 amide bonds. The molecule has 14 heavy (non-hydrogen) atoms. The molecule has 1 N–H and O–H groups in total. The van der Waals surface area contributed by atoms with E-state index >= 15 is 0 Å². The van der Waals surface area contributed by atoms with Crippen LogP contribution in [0, 0.1) is 0 Å². The zero-order valence-corrected chi connectivity index (χ0v) is 8.33. The maximum atomic E-state index is 11.3. The second kappa shape index (κ2) is 4.45. The van der Waals surface area contributed by atoms with Gasteiger partial charge in [0.25, 0.3) is 0 Å². The van der Waals surface area contributed by atoms with Gasteiger partial charge in [-0.2, -0.15) is 0 Å². The number of carbonyl (C=O) groups is 1. The largest absolute Gasteiger partial charge is 0.481 e. The van der Waals surface area contributed by atoms with Crippen LogP contribution in [-0.2, 0) is 4.74 Å². The number of ether oxygens (including phenoxy) is 2. The van der Waals surface area contributed by atoms with Crippen molar-refractivity contribution in [2.75, 3.05) is 26.6 Å². The van der Waals surface area contributed by atoms with Crippen LogP contribution in [0.3, 0.4) is 0 Å². The molecule has 0 unspecified atom stereocenters. The first-order chi connectivity index (χ1) is 6.72. The van der Waals surface area contributed by atoms with Crippen molar-refractivity contribution in [1.29, 1.82) is 0 Å². The topological polar surface area (TPSA) is 60.5 Å². The van der Waals surface area contributed by atoms with E-state index in [0.717, 1.165) is 0 Å². The van der Waals surface area contributed by atoms with E-state index in [1.807, 2.05) is 0 Å². The molecule has 5 nitrogen and oxygen atoms in total. The molecule has 0 aliphatic rings. The molecule has 0 atom stereocenters. The normalized spacial score (nSPS) is 9.36. The highest BCUT2D eigenvalue weighted by Crippen LogP contribution is 2.19. The second-order valence-corrected chi connectivity index (χ2v) is 2.51. The molecule has 5 heteroatoms. The van der Waals surface area contributed by atoms with E-state index in [2.05, 4.69) is 15.0 Å². The number of methoxy groups -OCH3 is 2. The standard InChI is InChI=1S/C9H12N2O3/c1-10-7-5-11-8(13-2)4-6(7)9(12)14-3/h4-5,10H,1-3H3. The number of nitrogens with one attached hydrogen (secondary N) is 1. The maximum Gasteiger partial charge on any atom is 0.340 e. The van der Waals surface area contributed by atoms with E-state index in [9.17, 15) is 4.79 Å². The van der Waals surface area contributed by atoms with Crippen molar-refractivity contribution in [3.63, 3.8) is 0 Å². The number of esters is 1. The minimum absolute atomic E-state index is 0.379. The Hall–Kier alpha value is -1.78. The van der Waals surface area contributed by atoms with Crippen molar-refractivity contribution in [1.82, 2.24) is 4.98 Å². The molecule has 0 bridgehead atoms. The summed E-state index contributed by atoms with van der Waals surface area (Å²) in [4.78, 5) is 15.3. The van der Waals surface area contributed by atoms with Crippen LogP contribution in [0.15, 0.2) is 12.3 Å². The Bertz CT molecular complexity index is 339. The Morgan fingerprint density at radius 1 is 1.50 bits per heavy atom. The summed E-state index contributed by atoms with van der Waals surface area (Å²) < 4.78 is 9.52. The molecule has 0 aliphatic heterocycles. The third-order valence-electron chi connectivity index (χ3n) is 1.76. The second-order valence-electron chi connectivity index (χ2n) is 2.51. The molecule has 1 heterocycles. The summed E-state index contributed by atoms with van der Waals surface area (Å²) in [5, 5.41) is 2.84. The van der Waals surface area contributed by atoms with Gasteiger partial charge < -0.3 is 14.8 Å². The molecule has 0 aliphatic carbocycles. The molecule has 0 saturated carbocycles. The van der Waals surface area contributed by atoms with Crippen LogP contribution in [0.1, 0.15) is 10.4 Å². The molecule has 0 aromatic carbocycles. The van der Waals surface area contributed by atoms with Gasteiger partial charge in [-0.3, -0.25) is 0 Å². The molecular formula is C9H12N2O3. The molecule has 0 spiro atoms. The van der Waals surface area contributed by atoms with Gasteiger partial charge in [0.15, 0.2) is 0 Å². The van der Waals surface area contributed by atoms with Crippen molar-refractivity contribution >= 4 is 11.7 Å². The molecule has 76 valence electrons. The van der Waals surface area contributed by atoms with Gasteiger partial charge in [-0.15, -0.1) is 0 Å². The highest BCUT2D eigenvalue weighted by molar-refractivity contribution is 5.95. The van der Waals surface area contributed by atoms with Gasteiger partial charge in [-0.25, -0.2) is 9.78 Å². The van der Waals surface area contributed by atoms with Gasteiger partial charge >= 0.3 is 5.97 Å². The quantitative estimate of drug-likeness (QED) is 0.728. The summed E-state index contributed by atoms with van der Waals surface area (Å²) in [6.07, 6.45) is 1.52. The lowest BCUT2D eigenvalue weighted by atomic mass is 10.2. The number of anilines is 1. The predicted octanol–water partition coefficient (Wildman–Crippen LogP) is 0.918. The van der Waals surface area contributed by atoms with Gasteiger partial charge in [0, 0.05) is 13.1 Å². The first-order valence-corrected chi connectivity index (χ1v) is 4.03. The van der Waals surface area contributed by atoms with E-state index in [0.29, 0.717) is 17.1 Å². The summed E-state index contributed by atoms with van der Waals surface area (Å²) in [7, 11) is 4.52. The molecular weight excluding hydrogens is 184 g/mol. The molecule has 0 saturated heterocycles. The zero-order valence-electron chi connectivity index (χ0n) is 8.33. The number of aromatic nitrogens is 1. The summed E-state index contributed by atoms with van der Waals surface area (Å²) in [6, 6.07) is 1.53. The average Bonchev–Trinajstić information content (AvgIpc) is 2.27. The fraction of sp³-hybridized carbons (Fsp3) is 0.333. The van der Waals surface area contributed by atoms with Gasteiger partial charge in [-0.1, -0.05) is 0 Å². The maximum absolute atomic E-state index is 11.3. The molecule has 1 aromatic rings. The first-order valence-electron chi connectivity index (χ1n) is 4.03. The number of pyridine rings is 1. The minimum atomic E-state index is -0.421. The third-order valence-corrected chi connectivity index (χ3v) is 1.76. The lowest BCUT2D eigenvalue weighted by molar-refractivity contribution is 0.0601.